The fourth-order valence-corrected chi connectivity index (χ4v) is 3.12. The molecular formula is C23H21O2P. The zero-order valence-corrected chi connectivity index (χ0v) is 15.8. The zero-order valence-electron chi connectivity index (χ0n) is 14.6. The van der Waals surface area contributed by atoms with Crippen molar-refractivity contribution in [2.75, 3.05) is 0 Å². The molecule has 0 aliphatic carbocycles. The van der Waals surface area contributed by atoms with Crippen LogP contribution in [0.2, 0.25) is 0 Å². The van der Waals surface area contributed by atoms with E-state index in [0.29, 0.717) is 5.57 Å². The molecule has 0 aliphatic rings. The minimum atomic E-state index is -1.02. The van der Waals surface area contributed by atoms with Gasteiger partial charge in [-0.25, -0.2) is 4.79 Å². The predicted molar refractivity (Wildman–Crippen MR) is 109 cm³/mol. The third-order valence-corrected chi connectivity index (χ3v) is 4.86. The average Bonchev–Trinajstić information content (AvgIpc) is 2.73. The van der Waals surface area contributed by atoms with Gasteiger partial charge in [-0.1, -0.05) is 96.8 Å². The Morgan fingerprint density at radius 1 is 0.769 bits per heavy atom. The smallest absolute Gasteiger partial charge is 0.335 e. The van der Waals surface area contributed by atoms with E-state index in [1.165, 1.54) is 0 Å². The molecule has 1 unspecified atom stereocenters. The highest BCUT2D eigenvalue weighted by atomic mass is 31.0. The molecular weight excluding hydrogens is 339 g/mol. The fourth-order valence-electron chi connectivity index (χ4n) is 2.98. The van der Waals surface area contributed by atoms with Crippen LogP contribution in [0.5, 0.6) is 0 Å². The standard InChI is InChI=1S/C23H21O2P/c1-18(17-26)22(24)25-23(19-11-5-2-6-12-19,20-13-7-3-8-14-20)21-15-9-4-10-16-21/h2-17H,26H2,1H3. The van der Waals surface area contributed by atoms with Crippen LogP contribution in [0.4, 0.5) is 0 Å². The van der Waals surface area contributed by atoms with Crippen LogP contribution < -0.4 is 0 Å². The number of carbonyl (C=O) groups excluding carboxylic acids is 1. The summed E-state index contributed by atoms with van der Waals surface area (Å²) in [5.41, 5.74) is 2.24. The molecule has 0 N–H and O–H groups in total. The van der Waals surface area contributed by atoms with Crippen LogP contribution in [0, 0.1) is 0 Å². The summed E-state index contributed by atoms with van der Waals surface area (Å²) in [6.07, 6.45) is 0. The van der Waals surface area contributed by atoms with E-state index in [0.717, 1.165) is 16.7 Å². The molecule has 0 amide bonds. The maximum Gasteiger partial charge on any atom is 0.335 e. The molecule has 0 aliphatic heterocycles. The lowest BCUT2D eigenvalue weighted by atomic mass is 9.80. The molecule has 2 nitrogen and oxygen atoms in total. The van der Waals surface area contributed by atoms with Crippen molar-refractivity contribution >= 4 is 15.2 Å². The first-order valence-electron chi connectivity index (χ1n) is 8.47. The van der Waals surface area contributed by atoms with Gasteiger partial charge in [0.05, 0.1) is 0 Å². The maximum absolute atomic E-state index is 12.8. The highest BCUT2D eigenvalue weighted by Gasteiger charge is 2.40. The SMILES string of the molecule is CC(=CP)C(=O)OC(c1ccccc1)(c1ccccc1)c1ccccc1. The summed E-state index contributed by atoms with van der Waals surface area (Å²) in [4.78, 5) is 12.8. The molecule has 0 radical (unpaired) electrons. The summed E-state index contributed by atoms with van der Waals surface area (Å²) in [5.74, 6) is 1.34. The number of esters is 1. The summed E-state index contributed by atoms with van der Waals surface area (Å²) >= 11 is 0. The third kappa shape index (κ3) is 3.47. The fraction of sp³-hybridized carbons (Fsp3) is 0.0870. The summed E-state index contributed by atoms with van der Waals surface area (Å²) in [5, 5.41) is 0. The molecule has 0 spiro atoms. The number of rotatable bonds is 5. The quantitative estimate of drug-likeness (QED) is 0.267. The molecule has 0 saturated heterocycles. The molecule has 0 saturated carbocycles. The highest BCUT2D eigenvalue weighted by Crippen LogP contribution is 2.40. The van der Waals surface area contributed by atoms with Gasteiger partial charge >= 0.3 is 5.97 Å². The van der Waals surface area contributed by atoms with Crippen LogP contribution in [0.1, 0.15) is 23.6 Å². The van der Waals surface area contributed by atoms with Crippen molar-refractivity contribution in [1.29, 1.82) is 0 Å². The lowest BCUT2D eigenvalue weighted by Crippen LogP contribution is -2.35. The first-order chi connectivity index (χ1) is 12.7. The number of ether oxygens (including phenoxy) is 1. The highest BCUT2D eigenvalue weighted by molar-refractivity contribution is 7.20. The lowest BCUT2D eigenvalue weighted by Gasteiger charge is -2.35. The van der Waals surface area contributed by atoms with Gasteiger partial charge in [-0.05, 0) is 6.92 Å². The Morgan fingerprint density at radius 2 is 1.12 bits per heavy atom. The van der Waals surface area contributed by atoms with Crippen molar-refractivity contribution in [2.24, 2.45) is 0 Å². The van der Waals surface area contributed by atoms with Crippen molar-refractivity contribution in [1.82, 2.24) is 0 Å². The van der Waals surface area contributed by atoms with Crippen molar-refractivity contribution in [2.45, 2.75) is 12.5 Å². The molecule has 0 fully saturated rings. The van der Waals surface area contributed by atoms with Gasteiger partial charge in [0.15, 0.2) is 5.60 Å². The van der Waals surface area contributed by atoms with E-state index in [1.54, 1.807) is 12.7 Å². The normalized spacial score (nSPS) is 11.8. The molecule has 3 heteroatoms. The summed E-state index contributed by atoms with van der Waals surface area (Å²) in [7, 11) is 2.46. The van der Waals surface area contributed by atoms with Gasteiger partial charge in [-0.2, -0.15) is 0 Å². The Morgan fingerprint density at radius 3 is 1.42 bits per heavy atom. The van der Waals surface area contributed by atoms with Crippen molar-refractivity contribution < 1.29 is 9.53 Å². The summed E-state index contributed by atoms with van der Waals surface area (Å²) in [6.45, 7) is 1.75. The number of benzene rings is 3. The second-order valence-electron chi connectivity index (χ2n) is 6.02. The van der Waals surface area contributed by atoms with Gasteiger partial charge in [-0.3, -0.25) is 0 Å². The van der Waals surface area contributed by atoms with E-state index in [-0.39, 0.29) is 5.97 Å². The Labute approximate surface area is 156 Å². The van der Waals surface area contributed by atoms with Gasteiger partial charge in [-0.15, -0.1) is 9.24 Å². The predicted octanol–water partition coefficient (Wildman–Crippen LogP) is 5.30. The molecule has 0 bridgehead atoms. The molecule has 3 aromatic rings. The molecule has 0 heterocycles. The summed E-state index contributed by atoms with van der Waals surface area (Å²) in [6, 6.07) is 29.6. The van der Waals surface area contributed by atoms with Gasteiger partial charge < -0.3 is 4.74 Å². The van der Waals surface area contributed by atoms with Gasteiger partial charge in [0.2, 0.25) is 0 Å². The van der Waals surface area contributed by atoms with Gasteiger partial charge in [0.25, 0.3) is 0 Å². The van der Waals surface area contributed by atoms with Crippen LogP contribution in [0.25, 0.3) is 0 Å². The Balaban J connectivity index is 2.30. The van der Waals surface area contributed by atoms with E-state index in [1.807, 2.05) is 91.0 Å². The number of carbonyl (C=O) groups is 1. The Hall–Kier alpha value is -2.70. The largest absolute Gasteiger partial charge is 0.441 e. The van der Waals surface area contributed by atoms with E-state index < -0.39 is 5.60 Å². The van der Waals surface area contributed by atoms with Crippen molar-refractivity contribution in [3.05, 3.63) is 119 Å². The monoisotopic (exact) mass is 360 g/mol. The minimum Gasteiger partial charge on any atom is -0.441 e. The molecule has 3 aromatic carbocycles. The first-order valence-corrected chi connectivity index (χ1v) is 9.13. The first kappa shape index (κ1) is 18.1. The van der Waals surface area contributed by atoms with Crippen molar-refractivity contribution in [3.63, 3.8) is 0 Å². The van der Waals surface area contributed by atoms with E-state index in [9.17, 15) is 4.79 Å². The van der Waals surface area contributed by atoms with Crippen LogP contribution >= 0.6 is 9.24 Å². The lowest BCUT2D eigenvalue weighted by molar-refractivity contribution is -0.148. The maximum atomic E-state index is 12.8. The molecule has 130 valence electrons. The van der Waals surface area contributed by atoms with E-state index in [4.69, 9.17) is 4.74 Å². The third-order valence-electron chi connectivity index (χ3n) is 4.36. The van der Waals surface area contributed by atoms with Gasteiger partial charge in [0, 0.05) is 22.3 Å². The summed E-state index contributed by atoms with van der Waals surface area (Å²) < 4.78 is 6.23. The van der Waals surface area contributed by atoms with Crippen molar-refractivity contribution in [3.8, 4) is 0 Å². The topological polar surface area (TPSA) is 26.3 Å². The van der Waals surface area contributed by atoms with Crippen LogP contribution in [-0.2, 0) is 15.1 Å². The molecule has 0 aromatic heterocycles. The van der Waals surface area contributed by atoms with E-state index in [2.05, 4.69) is 9.24 Å². The van der Waals surface area contributed by atoms with Crippen LogP contribution in [0.3, 0.4) is 0 Å². The Kier molecular flexibility index (Phi) is 5.65. The van der Waals surface area contributed by atoms with Gasteiger partial charge in [0.1, 0.15) is 0 Å². The number of hydrogen-bond acceptors (Lipinski definition) is 2. The minimum absolute atomic E-state index is 0.350. The molecule has 3 rings (SSSR count). The second kappa shape index (κ2) is 8.12. The molecule has 26 heavy (non-hydrogen) atoms. The Bertz CT molecular complexity index is 791. The zero-order chi connectivity index (χ0) is 18.4. The van der Waals surface area contributed by atoms with E-state index >= 15 is 0 Å². The molecule has 1 atom stereocenters. The number of hydrogen-bond donors (Lipinski definition) is 0. The van der Waals surface area contributed by atoms with Crippen LogP contribution in [-0.4, -0.2) is 5.97 Å². The second-order valence-corrected chi connectivity index (χ2v) is 6.35. The van der Waals surface area contributed by atoms with Crippen LogP contribution in [0.15, 0.2) is 102 Å². The average molecular weight is 360 g/mol.